The quantitative estimate of drug-likeness (QED) is 0.611. The average molecular weight is 406 g/mol. The van der Waals surface area contributed by atoms with Crippen LogP contribution >= 0.6 is 0 Å². The number of hydrogen-bond acceptors (Lipinski definition) is 6. The largest absolute Gasteiger partial charge is 0.493 e. The van der Waals surface area contributed by atoms with Crippen LogP contribution in [0.3, 0.4) is 0 Å². The molecular formula is C21H30N2O6. The summed E-state index contributed by atoms with van der Waals surface area (Å²) in [5.74, 6) is -0.112. The molecule has 0 heterocycles. The maximum Gasteiger partial charge on any atom is 0.340 e. The number of carbonyl (C=O) groups is 3. The third-order valence-corrected chi connectivity index (χ3v) is 5.17. The first-order chi connectivity index (χ1) is 13.7. The van der Waals surface area contributed by atoms with E-state index in [1.807, 2.05) is 27.7 Å². The highest BCUT2D eigenvalue weighted by atomic mass is 16.5. The first-order valence-corrected chi connectivity index (χ1v) is 9.71. The van der Waals surface area contributed by atoms with Crippen LogP contribution in [-0.2, 0) is 14.3 Å². The van der Waals surface area contributed by atoms with Gasteiger partial charge in [0.1, 0.15) is 0 Å². The molecule has 2 rings (SSSR count). The topological polar surface area (TPSA) is 103 Å². The minimum atomic E-state index is -0.738. The molecule has 3 unspecified atom stereocenters. The van der Waals surface area contributed by atoms with Crippen molar-refractivity contribution in [1.29, 1.82) is 0 Å². The summed E-state index contributed by atoms with van der Waals surface area (Å²) in [6.45, 7) is 7.42. The van der Waals surface area contributed by atoms with Crippen molar-refractivity contribution in [2.24, 2.45) is 17.8 Å². The van der Waals surface area contributed by atoms with Gasteiger partial charge in [-0.05, 0) is 25.2 Å². The van der Waals surface area contributed by atoms with Crippen molar-refractivity contribution in [3.63, 3.8) is 0 Å². The van der Waals surface area contributed by atoms with Gasteiger partial charge in [-0.3, -0.25) is 9.59 Å². The Hall–Kier alpha value is -2.77. The van der Waals surface area contributed by atoms with E-state index in [9.17, 15) is 14.4 Å². The van der Waals surface area contributed by atoms with Gasteiger partial charge in [0.05, 0.1) is 25.5 Å². The second-order valence-corrected chi connectivity index (χ2v) is 7.74. The van der Waals surface area contributed by atoms with Crippen molar-refractivity contribution in [1.82, 2.24) is 5.32 Å². The molecule has 1 saturated carbocycles. The Labute approximate surface area is 171 Å². The lowest BCUT2D eigenvalue weighted by Gasteiger charge is -2.18. The van der Waals surface area contributed by atoms with Crippen LogP contribution < -0.4 is 20.1 Å². The van der Waals surface area contributed by atoms with Crippen LogP contribution in [0.2, 0.25) is 0 Å². The molecule has 1 aliphatic rings. The number of methoxy groups -OCH3 is 2. The smallest absolute Gasteiger partial charge is 0.340 e. The van der Waals surface area contributed by atoms with Gasteiger partial charge in [-0.2, -0.15) is 0 Å². The molecular weight excluding hydrogens is 376 g/mol. The summed E-state index contributed by atoms with van der Waals surface area (Å²) >= 11 is 0. The molecule has 0 saturated heterocycles. The summed E-state index contributed by atoms with van der Waals surface area (Å²) in [5, 5.41) is 5.54. The van der Waals surface area contributed by atoms with Gasteiger partial charge in [0.15, 0.2) is 18.1 Å². The highest BCUT2D eigenvalue weighted by molar-refractivity contribution is 6.03. The standard InChI is InChI=1S/C21H30N2O6/c1-11(2)13(4)22-19(24)10-29-21(26)15-8-17(27-5)18(28-6)9-16(15)23-20(25)14-7-12(14)3/h8-9,11-14H,7,10H2,1-6H3,(H,22,24)(H,23,25). The summed E-state index contributed by atoms with van der Waals surface area (Å²) in [7, 11) is 2.91. The highest BCUT2D eigenvalue weighted by Crippen LogP contribution is 2.40. The first kappa shape index (κ1) is 22.5. The number of benzene rings is 1. The molecule has 160 valence electrons. The van der Waals surface area contributed by atoms with E-state index in [1.54, 1.807) is 0 Å². The average Bonchev–Trinajstić information content (AvgIpc) is 3.42. The molecule has 2 amide bonds. The van der Waals surface area contributed by atoms with E-state index in [0.717, 1.165) is 6.42 Å². The molecule has 0 aliphatic heterocycles. The van der Waals surface area contributed by atoms with Crippen LogP contribution in [0.1, 0.15) is 44.5 Å². The lowest BCUT2D eigenvalue weighted by molar-refractivity contribution is -0.125. The van der Waals surface area contributed by atoms with E-state index >= 15 is 0 Å². The predicted octanol–water partition coefficient (Wildman–Crippen LogP) is 2.62. The SMILES string of the molecule is COc1cc(NC(=O)C2CC2C)c(C(=O)OCC(=O)NC(C)C(C)C)cc1OC. The third kappa shape index (κ3) is 5.85. The Morgan fingerprint density at radius 1 is 1.10 bits per heavy atom. The fourth-order valence-electron chi connectivity index (χ4n) is 2.74. The van der Waals surface area contributed by atoms with Crippen LogP contribution in [0.4, 0.5) is 5.69 Å². The zero-order chi connectivity index (χ0) is 21.7. The first-order valence-electron chi connectivity index (χ1n) is 9.71. The van der Waals surface area contributed by atoms with Crippen LogP contribution in [0.15, 0.2) is 12.1 Å². The monoisotopic (exact) mass is 406 g/mol. The number of anilines is 1. The van der Waals surface area contributed by atoms with Gasteiger partial charge in [-0.25, -0.2) is 4.79 Å². The molecule has 1 fully saturated rings. The van der Waals surface area contributed by atoms with Crippen LogP contribution in [-0.4, -0.2) is 44.7 Å². The molecule has 1 aromatic carbocycles. The van der Waals surface area contributed by atoms with Crippen molar-refractivity contribution in [3.05, 3.63) is 17.7 Å². The maximum atomic E-state index is 12.6. The predicted molar refractivity (Wildman–Crippen MR) is 108 cm³/mol. The fourth-order valence-corrected chi connectivity index (χ4v) is 2.74. The summed E-state index contributed by atoms with van der Waals surface area (Å²) in [5.41, 5.74) is 0.349. The molecule has 0 bridgehead atoms. The van der Waals surface area contributed by atoms with E-state index in [4.69, 9.17) is 14.2 Å². The van der Waals surface area contributed by atoms with Gasteiger partial charge in [-0.1, -0.05) is 20.8 Å². The number of rotatable bonds is 9. The van der Waals surface area contributed by atoms with Gasteiger partial charge in [0.25, 0.3) is 5.91 Å². The fraction of sp³-hybridized carbons (Fsp3) is 0.571. The summed E-state index contributed by atoms with van der Waals surface area (Å²) in [6, 6.07) is 2.90. The number of ether oxygens (including phenoxy) is 3. The van der Waals surface area contributed by atoms with Gasteiger partial charge in [-0.15, -0.1) is 0 Å². The summed E-state index contributed by atoms with van der Waals surface area (Å²) < 4.78 is 15.7. The van der Waals surface area contributed by atoms with E-state index in [0.29, 0.717) is 17.4 Å². The molecule has 2 N–H and O–H groups in total. The number of nitrogens with one attached hydrogen (secondary N) is 2. The number of hydrogen-bond donors (Lipinski definition) is 2. The molecule has 29 heavy (non-hydrogen) atoms. The molecule has 0 radical (unpaired) electrons. The highest BCUT2D eigenvalue weighted by Gasteiger charge is 2.39. The van der Waals surface area contributed by atoms with Gasteiger partial charge < -0.3 is 24.8 Å². The lowest BCUT2D eigenvalue weighted by Crippen LogP contribution is -2.38. The Morgan fingerprint density at radius 2 is 1.69 bits per heavy atom. The number of carbonyl (C=O) groups excluding carboxylic acids is 3. The van der Waals surface area contributed by atoms with E-state index in [2.05, 4.69) is 10.6 Å². The molecule has 0 spiro atoms. The Kier molecular flexibility index (Phi) is 7.47. The van der Waals surface area contributed by atoms with Crippen LogP contribution in [0.25, 0.3) is 0 Å². The van der Waals surface area contributed by atoms with Crippen LogP contribution in [0, 0.1) is 17.8 Å². The van der Waals surface area contributed by atoms with Crippen molar-refractivity contribution in [2.45, 2.75) is 40.2 Å². The molecule has 0 aromatic heterocycles. The number of amides is 2. The molecule has 8 heteroatoms. The van der Waals surface area contributed by atoms with Crippen molar-refractivity contribution >= 4 is 23.5 Å². The third-order valence-electron chi connectivity index (χ3n) is 5.17. The van der Waals surface area contributed by atoms with Crippen LogP contribution in [0.5, 0.6) is 11.5 Å². The molecule has 3 atom stereocenters. The van der Waals surface area contributed by atoms with Gasteiger partial charge >= 0.3 is 5.97 Å². The molecule has 1 aliphatic carbocycles. The Balaban J connectivity index is 2.16. The van der Waals surface area contributed by atoms with Crippen molar-refractivity contribution in [3.8, 4) is 11.5 Å². The zero-order valence-electron chi connectivity index (χ0n) is 17.8. The lowest BCUT2D eigenvalue weighted by atomic mass is 10.1. The van der Waals surface area contributed by atoms with Crippen molar-refractivity contribution < 1.29 is 28.6 Å². The second kappa shape index (κ2) is 9.62. The minimum absolute atomic E-state index is 0.0438. The normalized spacial score (nSPS) is 18.6. The van der Waals surface area contributed by atoms with Gasteiger partial charge in [0, 0.05) is 24.1 Å². The Bertz CT molecular complexity index is 777. The molecule has 8 nitrogen and oxygen atoms in total. The van der Waals surface area contributed by atoms with E-state index in [1.165, 1.54) is 26.4 Å². The van der Waals surface area contributed by atoms with E-state index < -0.39 is 18.5 Å². The number of esters is 1. The summed E-state index contributed by atoms with van der Waals surface area (Å²) in [6.07, 6.45) is 0.813. The van der Waals surface area contributed by atoms with Crippen molar-refractivity contribution in [2.75, 3.05) is 26.1 Å². The summed E-state index contributed by atoms with van der Waals surface area (Å²) in [4.78, 5) is 37.0. The maximum absolute atomic E-state index is 12.6. The Morgan fingerprint density at radius 3 is 2.21 bits per heavy atom. The van der Waals surface area contributed by atoms with E-state index in [-0.39, 0.29) is 35.0 Å². The minimum Gasteiger partial charge on any atom is -0.493 e. The molecule has 1 aromatic rings. The van der Waals surface area contributed by atoms with Gasteiger partial charge in [0.2, 0.25) is 5.91 Å². The second-order valence-electron chi connectivity index (χ2n) is 7.74. The zero-order valence-corrected chi connectivity index (χ0v) is 17.8.